The molecule has 0 radical (unpaired) electrons. The molecule has 0 aliphatic rings. The van der Waals surface area contributed by atoms with Crippen molar-refractivity contribution in [2.75, 3.05) is 0 Å². The second-order valence-electron chi connectivity index (χ2n) is 4.37. The Morgan fingerprint density at radius 3 is 2.29 bits per heavy atom. The summed E-state index contributed by atoms with van der Waals surface area (Å²) in [4.78, 5) is 16.3. The van der Waals surface area contributed by atoms with E-state index in [4.69, 9.17) is 0 Å². The van der Waals surface area contributed by atoms with Crippen LogP contribution in [0.15, 0.2) is 59.1 Å². The summed E-state index contributed by atoms with van der Waals surface area (Å²) in [5.74, 6) is -0.951. The van der Waals surface area contributed by atoms with Gasteiger partial charge in [-0.15, -0.1) is 11.3 Å². The quantitative estimate of drug-likeness (QED) is 0.720. The van der Waals surface area contributed by atoms with Gasteiger partial charge in [0.25, 0.3) is 0 Å². The van der Waals surface area contributed by atoms with Gasteiger partial charge in [-0.25, -0.2) is 9.78 Å². The van der Waals surface area contributed by atoms with Crippen molar-refractivity contribution in [2.24, 2.45) is 0 Å². The predicted octanol–water partition coefficient (Wildman–Crippen LogP) is 4.94. The van der Waals surface area contributed by atoms with E-state index < -0.39 is 5.97 Å². The number of carboxylic acid groups (broad SMARTS) is 1. The Labute approximate surface area is 134 Å². The molecular weight excluding hydrogens is 350 g/mol. The van der Waals surface area contributed by atoms with Crippen molar-refractivity contribution in [3.05, 3.63) is 63.9 Å². The number of hydrogen-bond donors (Lipinski definition) is 1. The average Bonchev–Trinajstić information content (AvgIpc) is 2.94. The minimum Gasteiger partial charge on any atom is -0.477 e. The average molecular weight is 360 g/mol. The largest absolute Gasteiger partial charge is 0.477 e. The lowest BCUT2D eigenvalue weighted by Crippen LogP contribution is -1.95. The van der Waals surface area contributed by atoms with Gasteiger partial charge in [-0.3, -0.25) is 0 Å². The van der Waals surface area contributed by atoms with Crippen LogP contribution in [0.1, 0.15) is 9.67 Å². The molecule has 5 heteroatoms. The highest BCUT2D eigenvalue weighted by Gasteiger charge is 2.19. The van der Waals surface area contributed by atoms with E-state index in [2.05, 4.69) is 20.9 Å². The van der Waals surface area contributed by atoms with E-state index in [0.717, 1.165) is 15.6 Å². The zero-order valence-corrected chi connectivity index (χ0v) is 13.2. The highest BCUT2D eigenvalue weighted by atomic mass is 79.9. The van der Waals surface area contributed by atoms with Crippen molar-refractivity contribution in [3.8, 4) is 21.8 Å². The van der Waals surface area contributed by atoms with Crippen LogP contribution in [0.2, 0.25) is 0 Å². The van der Waals surface area contributed by atoms with Crippen molar-refractivity contribution in [2.45, 2.75) is 0 Å². The van der Waals surface area contributed by atoms with Gasteiger partial charge >= 0.3 is 5.97 Å². The molecule has 0 spiro atoms. The maximum absolute atomic E-state index is 11.5. The third kappa shape index (κ3) is 2.89. The van der Waals surface area contributed by atoms with Crippen LogP contribution in [-0.4, -0.2) is 16.1 Å². The molecule has 2 aromatic carbocycles. The molecule has 1 aromatic heterocycles. The molecule has 3 aromatic rings. The van der Waals surface area contributed by atoms with E-state index in [9.17, 15) is 9.90 Å². The van der Waals surface area contributed by atoms with E-state index in [1.165, 1.54) is 11.3 Å². The van der Waals surface area contributed by atoms with Crippen molar-refractivity contribution >= 4 is 33.2 Å². The molecule has 104 valence electrons. The summed E-state index contributed by atoms with van der Waals surface area (Å²) in [6.45, 7) is 0. The van der Waals surface area contributed by atoms with Crippen molar-refractivity contribution < 1.29 is 9.90 Å². The lowest BCUT2D eigenvalue weighted by atomic mass is 10.1. The van der Waals surface area contributed by atoms with Gasteiger partial charge in [0.1, 0.15) is 9.88 Å². The Kier molecular flexibility index (Phi) is 3.86. The van der Waals surface area contributed by atoms with Crippen LogP contribution in [0.25, 0.3) is 21.8 Å². The molecule has 3 rings (SSSR count). The lowest BCUT2D eigenvalue weighted by molar-refractivity contribution is 0.0702. The fourth-order valence-corrected chi connectivity index (χ4v) is 3.17. The molecular formula is C16H10BrNO2S. The van der Waals surface area contributed by atoms with E-state index in [1.807, 2.05) is 54.6 Å². The first-order valence-corrected chi connectivity index (χ1v) is 7.81. The number of carbonyl (C=O) groups is 1. The van der Waals surface area contributed by atoms with Crippen molar-refractivity contribution in [1.82, 2.24) is 4.98 Å². The molecule has 0 aliphatic heterocycles. The van der Waals surface area contributed by atoms with Crippen LogP contribution in [0.5, 0.6) is 0 Å². The van der Waals surface area contributed by atoms with Crippen molar-refractivity contribution in [1.29, 1.82) is 0 Å². The lowest BCUT2D eigenvalue weighted by Gasteiger charge is -1.99. The Morgan fingerprint density at radius 1 is 1.00 bits per heavy atom. The monoisotopic (exact) mass is 359 g/mol. The Hall–Kier alpha value is -1.98. The van der Waals surface area contributed by atoms with Gasteiger partial charge < -0.3 is 5.11 Å². The number of rotatable bonds is 3. The third-order valence-electron chi connectivity index (χ3n) is 2.96. The Bertz CT molecular complexity index is 782. The zero-order valence-electron chi connectivity index (χ0n) is 10.8. The minimum atomic E-state index is -0.951. The normalized spacial score (nSPS) is 10.5. The molecule has 21 heavy (non-hydrogen) atoms. The fourth-order valence-electron chi connectivity index (χ4n) is 1.97. The highest BCUT2D eigenvalue weighted by molar-refractivity contribution is 9.10. The number of aromatic carboxylic acids is 1. The number of nitrogens with zero attached hydrogens (tertiary/aromatic N) is 1. The van der Waals surface area contributed by atoms with Crippen LogP contribution in [0.4, 0.5) is 0 Å². The van der Waals surface area contributed by atoms with E-state index in [1.54, 1.807) is 0 Å². The standard InChI is InChI=1S/C16H10BrNO2S/c17-12-8-6-10(7-9-12)13-14(16(19)20)21-15(18-13)11-4-2-1-3-5-11/h1-9H,(H,19,20). The van der Waals surface area contributed by atoms with Crippen LogP contribution in [0.3, 0.4) is 0 Å². The predicted molar refractivity (Wildman–Crippen MR) is 87.6 cm³/mol. The molecule has 1 N–H and O–H groups in total. The first-order valence-electron chi connectivity index (χ1n) is 6.20. The first-order chi connectivity index (χ1) is 10.1. The number of benzene rings is 2. The Balaban J connectivity index is 2.14. The summed E-state index contributed by atoms with van der Waals surface area (Å²) in [7, 11) is 0. The summed E-state index contributed by atoms with van der Waals surface area (Å²) in [5, 5.41) is 10.1. The number of hydrogen-bond acceptors (Lipinski definition) is 3. The fraction of sp³-hybridized carbons (Fsp3) is 0. The molecule has 0 fully saturated rings. The number of carboxylic acids is 1. The second-order valence-corrected chi connectivity index (χ2v) is 6.29. The highest BCUT2D eigenvalue weighted by Crippen LogP contribution is 2.34. The maximum atomic E-state index is 11.5. The summed E-state index contributed by atoms with van der Waals surface area (Å²) >= 11 is 4.57. The molecule has 3 nitrogen and oxygen atoms in total. The molecule has 0 amide bonds. The number of aromatic nitrogens is 1. The van der Waals surface area contributed by atoms with Gasteiger partial charge in [0.2, 0.25) is 0 Å². The molecule has 0 saturated carbocycles. The topological polar surface area (TPSA) is 50.2 Å². The first kappa shape index (κ1) is 14.0. The zero-order chi connectivity index (χ0) is 14.8. The SMILES string of the molecule is O=C(O)c1sc(-c2ccccc2)nc1-c1ccc(Br)cc1. The Morgan fingerprint density at radius 2 is 1.67 bits per heavy atom. The summed E-state index contributed by atoms with van der Waals surface area (Å²) < 4.78 is 0.946. The maximum Gasteiger partial charge on any atom is 0.348 e. The molecule has 0 bridgehead atoms. The molecule has 0 aliphatic carbocycles. The van der Waals surface area contributed by atoms with Gasteiger partial charge in [0, 0.05) is 15.6 Å². The van der Waals surface area contributed by atoms with E-state index in [0.29, 0.717) is 10.7 Å². The molecule has 0 atom stereocenters. The van der Waals surface area contributed by atoms with Crippen LogP contribution in [-0.2, 0) is 0 Å². The van der Waals surface area contributed by atoms with Gasteiger partial charge in [0.05, 0.1) is 5.69 Å². The molecule has 0 saturated heterocycles. The second kappa shape index (κ2) is 5.79. The van der Waals surface area contributed by atoms with Gasteiger partial charge in [-0.2, -0.15) is 0 Å². The number of thiazole rings is 1. The van der Waals surface area contributed by atoms with Crippen molar-refractivity contribution in [3.63, 3.8) is 0 Å². The van der Waals surface area contributed by atoms with Crippen LogP contribution >= 0.6 is 27.3 Å². The van der Waals surface area contributed by atoms with Crippen LogP contribution < -0.4 is 0 Å². The smallest absolute Gasteiger partial charge is 0.348 e. The van der Waals surface area contributed by atoms with Gasteiger partial charge in [-0.1, -0.05) is 58.4 Å². The van der Waals surface area contributed by atoms with E-state index >= 15 is 0 Å². The van der Waals surface area contributed by atoms with Crippen LogP contribution in [0, 0.1) is 0 Å². The molecule has 0 unspecified atom stereocenters. The number of halogens is 1. The summed E-state index contributed by atoms with van der Waals surface area (Å²) in [5.41, 5.74) is 2.24. The minimum absolute atomic E-state index is 0.260. The van der Waals surface area contributed by atoms with Gasteiger partial charge in [0.15, 0.2) is 0 Å². The third-order valence-corrected chi connectivity index (χ3v) is 4.58. The van der Waals surface area contributed by atoms with Gasteiger partial charge in [-0.05, 0) is 12.1 Å². The molecule has 1 heterocycles. The summed E-state index contributed by atoms with van der Waals surface area (Å²) in [6, 6.07) is 17.1. The summed E-state index contributed by atoms with van der Waals surface area (Å²) in [6.07, 6.45) is 0. The van der Waals surface area contributed by atoms with E-state index in [-0.39, 0.29) is 4.88 Å².